The summed E-state index contributed by atoms with van der Waals surface area (Å²) in [6.45, 7) is 1.86. The van der Waals surface area contributed by atoms with Crippen LogP contribution in [0.4, 0.5) is 0 Å². The lowest BCUT2D eigenvalue weighted by Crippen LogP contribution is -2.27. The summed E-state index contributed by atoms with van der Waals surface area (Å²) < 4.78 is 31.8. The first-order valence-electron chi connectivity index (χ1n) is 6.54. The van der Waals surface area contributed by atoms with Gasteiger partial charge in [0, 0.05) is 13.0 Å². The highest BCUT2D eigenvalue weighted by atomic mass is 32.2. The van der Waals surface area contributed by atoms with E-state index in [1.54, 1.807) is 12.1 Å². The van der Waals surface area contributed by atoms with E-state index >= 15 is 0 Å². The van der Waals surface area contributed by atoms with E-state index < -0.39 is 10.0 Å². The van der Waals surface area contributed by atoms with Crippen molar-refractivity contribution in [2.45, 2.75) is 31.3 Å². The zero-order chi connectivity index (χ0) is 15.3. The van der Waals surface area contributed by atoms with E-state index in [1.807, 2.05) is 6.92 Å². The van der Waals surface area contributed by atoms with Gasteiger partial charge in [-0.15, -0.1) is 0 Å². The predicted octanol–water partition coefficient (Wildman–Crippen LogP) is 0.645. The van der Waals surface area contributed by atoms with Gasteiger partial charge in [-0.2, -0.15) is 4.98 Å². The molecule has 7 nitrogen and oxygen atoms in total. The summed E-state index contributed by atoms with van der Waals surface area (Å²) in [5, 5.41) is 12.8. The molecular formula is C13H17N3O4S. The summed E-state index contributed by atoms with van der Waals surface area (Å²) in [6, 6.07) is 4.94. The summed E-state index contributed by atoms with van der Waals surface area (Å²) in [5.41, 5.74) is 1.27. The second kappa shape index (κ2) is 6.79. The second-order valence-electron chi connectivity index (χ2n) is 4.45. The van der Waals surface area contributed by atoms with E-state index in [-0.39, 0.29) is 18.0 Å². The summed E-state index contributed by atoms with van der Waals surface area (Å²) in [6.07, 6.45) is 2.13. The molecule has 0 radical (unpaired) electrons. The molecule has 0 aliphatic rings. The van der Waals surface area contributed by atoms with Crippen molar-refractivity contribution in [3.8, 4) is 0 Å². The average molecular weight is 311 g/mol. The highest BCUT2D eigenvalue weighted by molar-refractivity contribution is 7.89. The molecule has 1 aromatic heterocycles. The largest absolute Gasteiger partial charge is 0.392 e. The van der Waals surface area contributed by atoms with Crippen LogP contribution in [0, 0.1) is 0 Å². The second-order valence-corrected chi connectivity index (χ2v) is 6.18. The minimum Gasteiger partial charge on any atom is -0.392 e. The van der Waals surface area contributed by atoms with E-state index in [0.29, 0.717) is 29.8 Å². The number of nitrogens with zero attached hydrogens (tertiary/aromatic N) is 2. The van der Waals surface area contributed by atoms with E-state index in [1.165, 1.54) is 12.5 Å². The number of hydrogen-bond donors (Lipinski definition) is 2. The molecule has 0 saturated heterocycles. The fourth-order valence-corrected chi connectivity index (χ4v) is 3.31. The molecule has 0 saturated carbocycles. The van der Waals surface area contributed by atoms with Gasteiger partial charge in [0.15, 0.2) is 5.82 Å². The van der Waals surface area contributed by atoms with Gasteiger partial charge in [-0.1, -0.05) is 24.2 Å². The standard InChI is InChI=1S/C13H17N3O4S/c1-2-11-4-3-10(8-17)7-12(11)21(18,19)15-6-5-13-14-9-20-16-13/h3-4,7,9,15,17H,2,5-6,8H2,1H3. The normalized spacial score (nSPS) is 11.7. The Morgan fingerprint density at radius 2 is 2.19 bits per heavy atom. The van der Waals surface area contributed by atoms with E-state index in [4.69, 9.17) is 5.11 Å². The van der Waals surface area contributed by atoms with E-state index in [0.717, 1.165) is 0 Å². The molecule has 1 heterocycles. The first-order chi connectivity index (χ1) is 10.1. The van der Waals surface area contributed by atoms with E-state index in [2.05, 4.69) is 19.4 Å². The Bertz CT molecular complexity index is 683. The van der Waals surface area contributed by atoms with Gasteiger partial charge in [0.05, 0.1) is 11.5 Å². The lowest BCUT2D eigenvalue weighted by Gasteiger charge is -2.11. The maximum Gasteiger partial charge on any atom is 0.240 e. The van der Waals surface area contributed by atoms with Crippen LogP contribution in [0.2, 0.25) is 0 Å². The monoisotopic (exact) mass is 311 g/mol. The van der Waals surface area contributed by atoms with Crippen LogP contribution in [0.5, 0.6) is 0 Å². The maximum atomic E-state index is 12.4. The zero-order valence-corrected chi connectivity index (χ0v) is 12.4. The van der Waals surface area contributed by atoms with Crippen LogP contribution in [-0.4, -0.2) is 30.2 Å². The van der Waals surface area contributed by atoms with Crippen LogP contribution < -0.4 is 4.72 Å². The summed E-state index contributed by atoms with van der Waals surface area (Å²) >= 11 is 0. The first-order valence-corrected chi connectivity index (χ1v) is 8.02. The lowest BCUT2D eigenvalue weighted by atomic mass is 10.1. The first kappa shape index (κ1) is 15.6. The Morgan fingerprint density at radius 1 is 1.38 bits per heavy atom. The Kier molecular flexibility index (Phi) is 5.05. The fourth-order valence-electron chi connectivity index (χ4n) is 1.92. The number of rotatable bonds is 7. The molecule has 0 spiro atoms. The Labute approximate surface area is 123 Å². The van der Waals surface area contributed by atoms with Crippen LogP contribution in [0.15, 0.2) is 34.0 Å². The van der Waals surface area contributed by atoms with Gasteiger partial charge in [0.1, 0.15) is 0 Å². The molecule has 0 atom stereocenters. The maximum absolute atomic E-state index is 12.4. The van der Waals surface area contributed by atoms with Gasteiger partial charge < -0.3 is 9.63 Å². The van der Waals surface area contributed by atoms with Crippen molar-refractivity contribution in [3.63, 3.8) is 0 Å². The van der Waals surface area contributed by atoms with Gasteiger partial charge in [0.25, 0.3) is 0 Å². The third-order valence-electron chi connectivity index (χ3n) is 3.03. The predicted molar refractivity (Wildman–Crippen MR) is 74.9 cm³/mol. The Balaban J connectivity index is 2.14. The van der Waals surface area contributed by atoms with Gasteiger partial charge in [-0.3, -0.25) is 0 Å². The van der Waals surface area contributed by atoms with Crippen LogP contribution in [0.3, 0.4) is 0 Å². The average Bonchev–Trinajstić information content (AvgIpc) is 2.99. The molecule has 2 rings (SSSR count). The number of nitrogens with one attached hydrogen (secondary N) is 1. The highest BCUT2D eigenvalue weighted by Crippen LogP contribution is 2.18. The number of benzene rings is 1. The van der Waals surface area contributed by atoms with Crippen LogP contribution in [0.1, 0.15) is 23.9 Å². The van der Waals surface area contributed by atoms with Crippen molar-refractivity contribution in [1.29, 1.82) is 0 Å². The molecule has 8 heteroatoms. The fraction of sp³-hybridized carbons (Fsp3) is 0.385. The Hall–Kier alpha value is -1.77. The third-order valence-corrected chi connectivity index (χ3v) is 4.58. The van der Waals surface area contributed by atoms with E-state index in [9.17, 15) is 8.42 Å². The summed E-state index contributed by atoms with van der Waals surface area (Å²) in [7, 11) is -3.64. The van der Waals surface area contributed by atoms with Crippen molar-refractivity contribution in [2.24, 2.45) is 0 Å². The van der Waals surface area contributed by atoms with Gasteiger partial charge in [-0.05, 0) is 23.6 Å². The minimum absolute atomic E-state index is 0.175. The molecule has 2 aromatic rings. The molecule has 0 amide bonds. The topological polar surface area (TPSA) is 105 Å². The number of aliphatic hydroxyl groups excluding tert-OH is 1. The lowest BCUT2D eigenvalue weighted by molar-refractivity contribution is 0.281. The molecule has 0 aliphatic heterocycles. The van der Waals surface area contributed by atoms with Crippen molar-refractivity contribution < 1.29 is 18.0 Å². The van der Waals surface area contributed by atoms with Gasteiger partial charge >= 0.3 is 0 Å². The molecule has 1 aromatic carbocycles. The van der Waals surface area contributed by atoms with Crippen LogP contribution >= 0.6 is 0 Å². The number of aryl methyl sites for hydroxylation is 1. The number of hydrogen-bond acceptors (Lipinski definition) is 6. The SMILES string of the molecule is CCc1ccc(CO)cc1S(=O)(=O)NCCc1ncon1. The van der Waals surface area contributed by atoms with Crippen molar-refractivity contribution in [1.82, 2.24) is 14.9 Å². The minimum atomic E-state index is -3.64. The van der Waals surface area contributed by atoms with Crippen LogP contribution in [0.25, 0.3) is 0 Å². The molecule has 2 N–H and O–H groups in total. The van der Waals surface area contributed by atoms with Crippen LogP contribution in [-0.2, 0) is 29.5 Å². The highest BCUT2D eigenvalue weighted by Gasteiger charge is 2.18. The summed E-state index contributed by atoms with van der Waals surface area (Å²) in [5.74, 6) is 0.442. The van der Waals surface area contributed by atoms with Gasteiger partial charge in [0.2, 0.25) is 16.4 Å². The molecule has 0 unspecified atom stereocenters. The number of sulfonamides is 1. The zero-order valence-electron chi connectivity index (χ0n) is 11.6. The molecule has 0 fully saturated rings. The quantitative estimate of drug-likeness (QED) is 0.777. The molecular weight excluding hydrogens is 294 g/mol. The van der Waals surface area contributed by atoms with Gasteiger partial charge in [-0.25, -0.2) is 13.1 Å². The summed E-state index contributed by atoms with van der Waals surface area (Å²) in [4.78, 5) is 4.02. The van der Waals surface area contributed by atoms with Crippen molar-refractivity contribution >= 4 is 10.0 Å². The molecule has 114 valence electrons. The number of aromatic nitrogens is 2. The number of aliphatic hydroxyl groups is 1. The third kappa shape index (κ3) is 3.87. The van der Waals surface area contributed by atoms with Crippen molar-refractivity contribution in [3.05, 3.63) is 41.5 Å². The molecule has 21 heavy (non-hydrogen) atoms. The smallest absolute Gasteiger partial charge is 0.240 e. The molecule has 0 aliphatic carbocycles. The van der Waals surface area contributed by atoms with Crippen molar-refractivity contribution in [2.75, 3.05) is 6.54 Å². The molecule has 0 bridgehead atoms. The Morgan fingerprint density at radius 3 is 2.81 bits per heavy atom.